The summed E-state index contributed by atoms with van der Waals surface area (Å²) in [6.45, 7) is 1.55. The fourth-order valence-corrected chi connectivity index (χ4v) is 5.83. The Morgan fingerprint density at radius 1 is 1.03 bits per heavy atom. The standard InChI is InChI=1S/C31H38N2O6/c1-2-39-31(38)25(17-16-22-10-4-3-5-11-22)20-32(29(36)24-13-6-7-14-24)27-19-18-23-12-8-9-15-26(23)33(30(27)37)21-28(34)35/h3-5,8-12,15,24-25,27H,2,6-7,13-14,16-21H2,1H3,(H,34,35). The van der Waals surface area contributed by atoms with Gasteiger partial charge in [0.2, 0.25) is 11.8 Å². The Labute approximate surface area is 229 Å². The van der Waals surface area contributed by atoms with Crippen molar-refractivity contribution in [2.45, 2.75) is 64.3 Å². The molecule has 2 amide bonds. The third-order valence-electron chi connectivity index (χ3n) is 7.84. The lowest BCUT2D eigenvalue weighted by Crippen LogP contribution is -2.54. The van der Waals surface area contributed by atoms with E-state index < -0.39 is 30.4 Å². The second-order valence-corrected chi connectivity index (χ2v) is 10.4. The van der Waals surface area contributed by atoms with Gasteiger partial charge in [-0.1, -0.05) is 61.4 Å². The Morgan fingerprint density at radius 3 is 2.41 bits per heavy atom. The van der Waals surface area contributed by atoms with Gasteiger partial charge in [0.05, 0.1) is 12.5 Å². The average molecular weight is 535 g/mol. The quantitative estimate of drug-likeness (QED) is 0.432. The van der Waals surface area contributed by atoms with E-state index in [1.807, 2.05) is 42.5 Å². The summed E-state index contributed by atoms with van der Waals surface area (Å²) in [6.07, 6.45) is 5.39. The number of para-hydroxylation sites is 1. The second-order valence-electron chi connectivity index (χ2n) is 10.4. The number of carbonyl (C=O) groups excluding carboxylic acids is 3. The molecule has 0 spiro atoms. The predicted molar refractivity (Wildman–Crippen MR) is 147 cm³/mol. The fraction of sp³-hybridized carbons (Fsp3) is 0.484. The monoisotopic (exact) mass is 534 g/mol. The van der Waals surface area contributed by atoms with Crippen molar-refractivity contribution in [3.63, 3.8) is 0 Å². The minimum absolute atomic E-state index is 0.0642. The minimum atomic E-state index is -1.13. The van der Waals surface area contributed by atoms with Gasteiger partial charge >= 0.3 is 11.9 Å². The molecule has 1 heterocycles. The van der Waals surface area contributed by atoms with Crippen LogP contribution in [0.15, 0.2) is 54.6 Å². The number of rotatable bonds is 11. The highest BCUT2D eigenvalue weighted by Crippen LogP contribution is 2.33. The summed E-state index contributed by atoms with van der Waals surface area (Å²) in [5.74, 6) is -2.86. The molecule has 1 aliphatic carbocycles. The molecule has 8 nitrogen and oxygen atoms in total. The normalized spacial score (nSPS) is 18.2. The number of hydrogen-bond donors (Lipinski definition) is 1. The van der Waals surface area contributed by atoms with Crippen molar-refractivity contribution in [2.75, 3.05) is 24.6 Å². The number of carboxylic acids is 1. The van der Waals surface area contributed by atoms with Crippen LogP contribution in [0.3, 0.4) is 0 Å². The summed E-state index contributed by atoms with van der Waals surface area (Å²) in [6, 6.07) is 16.3. The van der Waals surface area contributed by atoms with E-state index in [1.165, 1.54) is 4.90 Å². The SMILES string of the molecule is CCOC(=O)C(CCc1ccccc1)CN(C(=O)C1CCCC1)C1CCc2ccccc2N(CC(=O)O)C1=O. The van der Waals surface area contributed by atoms with Crippen LogP contribution in [0.2, 0.25) is 0 Å². The van der Waals surface area contributed by atoms with Crippen molar-refractivity contribution in [3.05, 3.63) is 65.7 Å². The number of ether oxygens (including phenoxy) is 1. The van der Waals surface area contributed by atoms with E-state index in [0.717, 1.165) is 36.8 Å². The first-order chi connectivity index (χ1) is 18.9. The Hall–Kier alpha value is -3.68. The number of hydrogen-bond acceptors (Lipinski definition) is 5. The topological polar surface area (TPSA) is 104 Å². The molecule has 2 atom stereocenters. The molecule has 8 heteroatoms. The van der Waals surface area contributed by atoms with E-state index in [1.54, 1.807) is 24.0 Å². The van der Waals surface area contributed by atoms with Gasteiger partial charge < -0.3 is 14.7 Å². The maximum Gasteiger partial charge on any atom is 0.323 e. The Morgan fingerprint density at radius 2 is 1.72 bits per heavy atom. The smallest absolute Gasteiger partial charge is 0.323 e. The number of amides is 2. The van der Waals surface area contributed by atoms with Crippen LogP contribution in [0.4, 0.5) is 5.69 Å². The lowest BCUT2D eigenvalue weighted by atomic mass is 9.95. The molecule has 2 aliphatic rings. The number of benzene rings is 2. The summed E-state index contributed by atoms with van der Waals surface area (Å²) in [5.41, 5.74) is 2.51. The predicted octanol–water partition coefficient (Wildman–Crippen LogP) is 4.25. The lowest BCUT2D eigenvalue weighted by Gasteiger charge is -2.36. The minimum Gasteiger partial charge on any atom is -0.480 e. The van der Waals surface area contributed by atoms with Crippen LogP contribution in [0.5, 0.6) is 0 Å². The molecule has 0 aromatic heterocycles. The Kier molecular flexibility index (Phi) is 9.74. The van der Waals surface area contributed by atoms with Gasteiger partial charge in [-0.25, -0.2) is 0 Å². The first kappa shape index (κ1) is 28.3. The molecule has 0 saturated heterocycles. The number of aliphatic carboxylic acids is 1. The molecular formula is C31H38N2O6. The zero-order chi connectivity index (χ0) is 27.8. The summed E-state index contributed by atoms with van der Waals surface area (Å²) in [7, 11) is 0. The first-order valence-electron chi connectivity index (χ1n) is 14.0. The van der Waals surface area contributed by atoms with Crippen molar-refractivity contribution in [2.24, 2.45) is 11.8 Å². The first-order valence-corrected chi connectivity index (χ1v) is 14.0. The van der Waals surface area contributed by atoms with Gasteiger partial charge in [-0.3, -0.25) is 24.1 Å². The largest absolute Gasteiger partial charge is 0.480 e. The van der Waals surface area contributed by atoms with E-state index in [4.69, 9.17) is 4.74 Å². The van der Waals surface area contributed by atoms with Crippen LogP contribution in [-0.2, 0) is 36.8 Å². The molecule has 1 fully saturated rings. The molecule has 1 saturated carbocycles. The zero-order valence-corrected chi connectivity index (χ0v) is 22.6. The van der Waals surface area contributed by atoms with Crippen molar-refractivity contribution >= 4 is 29.4 Å². The number of carbonyl (C=O) groups is 4. The second kappa shape index (κ2) is 13.4. The molecule has 2 aromatic carbocycles. The van der Waals surface area contributed by atoms with Crippen molar-refractivity contribution in [1.29, 1.82) is 0 Å². The Balaban J connectivity index is 1.66. The number of anilines is 1. The summed E-state index contributed by atoms with van der Waals surface area (Å²) >= 11 is 0. The van der Waals surface area contributed by atoms with Gasteiger partial charge in [0.25, 0.3) is 0 Å². The fourth-order valence-electron chi connectivity index (χ4n) is 5.83. The lowest BCUT2D eigenvalue weighted by molar-refractivity contribution is -0.152. The van der Waals surface area contributed by atoms with Gasteiger partial charge in [-0.15, -0.1) is 0 Å². The summed E-state index contributed by atoms with van der Waals surface area (Å²) < 4.78 is 5.41. The molecule has 39 heavy (non-hydrogen) atoms. The molecule has 4 rings (SSSR count). The zero-order valence-electron chi connectivity index (χ0n) is 22.6. The number of nitrogens with zero attached hydrogens (tertiary/aromatic N) is 2. The molecule has 2 unspecified atom stereocenters. The molecule has 1 aliphatic heterocycles. The van der Waals surface area contributed by atoms with Crippen molar-refractivity contribution < 1.29 is 29.0 Å². The molecule has 208 valence electrons. The van der Waals surface area contributed by atoms with Gasteiger partial charge in [0, 0.05) is 18.2 Å². The van der Waals surface area contributed by atoms with Gasteiger partial charge in [-0.2, -0.15) is 0 Å². The number of fused-ring (bicyclic) bond motifs is 1. The van der Waals surface area contributed by atoms with E-state index in [9.17, 15) is 24.3 Å². The molecule has 0 radical (unpaired) electrons. The maximum atomic E-state index is 14.0. The van der Waals surface area contributed by atoms with Crippen LogP contribution in [0, 0.1) is 11.8 Å². The third kappa shape index (κ3) is 7.05. The van der Waals surface area contributed by atoms with Crippen LogP contribution in [0.25, 0.3) is 0 Å². The average Bonchev–Trinajstić information content (AvgIpc) is 3.44. The van der Waals surface area contributed by atoms with E-state index >= 15 is 0 Å². The van der Waals surface area contributed by atoms with Crippen LogP contribution in [-0.4, -0.2) is 59.5 Å². The number of carboxylic acid groups (broad SMARTS) is 1. The van der Waals surface area contributed by atoms with Gasteiger partial charge in [0.1, 0.15) is 12.6 Å². The molecule has 2 aromatic rings. The molecule has 1 N–H and O–H groups in total. The summed E-state index contributed by atoms with van der Waals surface area (Å²) in [4.78, 5) is 55.8. The summed E-state index contributed by atoms with van der Waals surface area (Å²) in [5, 5.41) is 9.63. The van der Waals surface area contributed by atoms with E-state index in [0.29, 0.717) is 31.4 Å². The highest BCUT2D eigenvalue weighted by molar-refractivity contribution is 6.03. The van der Waals surface area contributed by atoms with E-state index in [2.05, 4.69) is 0 Å². The maximum absolute atomic E-state index is 14.0. The van der Waals surface area contributed by atoms with Gasteiger partial charge in [0.15, 0.2) is 0 Å². The van der Waals surface area contributed by atoms with Crippen LogP contribution in [0.1, 0.15) is 56.6 Å². The number of esters is 1. The van der Waals surface area contributed by atoms with Gasteiger partial charge in [-0.05, 0) is 62.6 Å². The Bertz CT molecular complexity index is 1160. The van der Waals surface area contributed by atoms with Crippen LogP contribution < -0.4 is 4.90 Å². The van der Waals surface area contributed by atoms with Crippen molar-refractivity contribution in [1.82, 2.24) is 4.90 Å². The van der Waals surface area contributed by atoms with Crippen LogP contribution >= 0.6 is 0 Å². The third-order valence-corrected chi connectivity index (χ3v) is 7.84. The highest BCUT2D eigenvalue weighted by Gasteiger charge is 2.41. The molecular weight excluding hydrogens is 496 g/mol. The van der Waals surface area contributed by atoms with E-state index in [-0.39, 0.29) is 30.9 Å². The van der Waals surface area contributed by atoms with Crippen molar-refractivity contribution in [3.8, 4) is 0 Å². The number of aryl methyl sites for hydroxylation is 2. The molecule has 0 bridgehead atoms. The highest BCUT2D eigenvalue weighted by atomic mass is 16.5.